The van der Waals surface area contributed by atoms with Crippen molar-refractivity contribution in [3.63, 3.8) is 0 Å². The molecule has 1 heterocycles. The average Bonchev–Trinajstić information content (AvgIpc) is 2.75. The third-order valence-corrected chi connectivity index (χ3v) is 4.56. The molecule has 0 aliphatic heterocycles. The number of amides is 1. The second-order valence-electron chi connectivity index (χ2n) is 3.87. The summed E-state index contributed by atoms with van der Waals surface area (Å²) in [6.45, 7) is 2.60. The number of thiol groups is 1. The van der Waals surface area contributed by atoms with E-state index in [0.717, 1.165) is 9.37 Å². The summed E-state index contributed by atoms with van der Waals surface area (Å²) in [5.74, 6) is -0.0921. The SMILES string of the molecule is Cc1ccsc1CNC(=O)c1cc(S)ccc1Br. The molecule has 0 saturated heterocycles. The van der Waals surface area contributed by atoms with E-state index in [-0.39, 0.29) is 5.91 Å². The lowest BCUT2D eigenvalue weighted by molar-refractivity contribution is 0.0950. The summed E-state index contributed by atoms with van der Waals surface area (Å²) in [6, 6.07) is 7.47. The van der Waals surface area contributed by atoms with Crippen LogP contribution in [-0.2, 0) is 6.54 Å². The first-order valence-electron chi connectivity index (χ1n) is 5.37. The first-order valence-corrected chi connectivity index (χ1v) is 7.49. The Kier molecular flexibility index (Phi) is 4.48. The number of hydrogen-bond acceptors (Lipinski definition) is 3. The van der Waals surface area contributed by atoms with Crippen LogP contribution in [0.1, 0.15) is 20.8 Å². The minimum Gasteiger partial charge on any atom is -0.347 e. The molecular weight excluding hydrogens is 330 g/mol. The molecule has 2 nitrogen and oxygen atoms in total. The van der Waals surface area contributed by atoms with Crippen molar-refractivity contribution < 1.29 is 4.79 Å². The van der Waals surface area contributed by atoms with Gasteiger partial charge in [0.1, 0.15) is 0 Å². The van der Waals surface area contributed by atoms with Crippen LogP contribution in [0.4, 0.5) is 0 Å². The Hall–Kier alpha value is -0.780. The smallest absolute Gasteiger partial charge is 0.252 e. The second kappa shape index (κ2) is 5.91. The van der Waals surface area contributed by atoms with E-state index >= 15 is 0 Å². The lowest BCUT2D eigenvalue weighted by atomic mass is 10.2. The zero-order valence-corrected chi connectivity index (χ0v) is 13.0. The van der Waals surface area contributed by atoms with E-state index in [1.807, 2.05) is 24.4 Å². The Morgan fingerprint density at radius 1 is 1.44 bits per heavy atom. The molecule has 18 heavy (non-hydrogen) atoms. The standard InChI is InChI=1S/C13H12BrNOS2/c1-8-4-5-18-12(8)7-15-13(16)10-6-9(17)2-3-11(10)14/h2-6,17H,7H2,1H3,(H,15,16). The predicted molar refractivity (Wildman–Crippen MR) is 81.6 cm³/mol. The average molecular weight is 342 g/mol. The number of carbonyl (C=O) groups excluding carboxylic acids is 1. The van der Waals surface area contributed by atoms with Crippen molar-refractivity contribution in [1.82, 2.24) is 5.32 Å². The molecule has 0 saturated carbocycles. The van der Waals surface area contributed by atoms with E-state index in [9.17, 15) is 4.79 Å². The molecule has 0 bridgehead atoms. The van der Waals surface area contributed by atoms with Crippen molar-refractivity contribution >= 4 is 45.8 Å². The van der Waals surface area contributed by atoms with E-state index < -0.39 is 0 Å². The van der Waals surface area contributed by atoms with Crippen molar-refractivity contribution in [2.45, 2.75) is 18.4 Å². The summed E-state index contributed by atoms with van der Waals surface area (Å²) >= 11 is 9.27. The molecule has 5 heteroatoms. The van der Waals surface area contributed by atoms with Crippen LogP contribution < -0.4 is 5.32 Å². The van der Waals surface area contributed by atoms with Gasteiger partial charge in [-0.2, -0.15) is 0 Å². The fraction of sp³-hybridized carbons (Fsp3) is 0.154. The lowest BCUT2D eigenvalue weighted by Crippen LogP contribution is -2.23. The normalized spacial score (nSPS) is 10.4. The van der Waals surface area contributed by atoms with E-state index in [0.29, 0.717) is 12.1 Å². The van der Waals surface area contributed by atoms with Crippen molar-refractivity contribution in [2.75, 3.05) is 0 Å². The van der Waals surface area contributed by atoms with Gasteiger partial charge in [-0.1, -0.05) is 0 Å². The third-order valence-electron chi connectivity index (χ3n) is 2.57. The minimum atomic E-state index is -0.0921. The Morgan fingerprint density at radius 3 is 2.89 bits per heavy atom. The van der Waals surface area contributed by atoms with Crippen LogP contribution >= 0.6 is 39.9 Å². The summed E-state index contributed by atoms with van der Waals surface area (Å²) in [5, 5.41) is 4.95. The van der Waals surface area contributed by atoms with Gasteiger partial charge < -0.3 is 5.32 Å². The van der Waals surface area contributed by atoms with Crippen LogP contribution in [-0.4, -0.2) is 5.91 Å². The summed E-state index contributed by atoms with van der Waals surface area (Å²) < 4.78 is 0.778. The molecule has 2 rings (SSSR count). The molecule has 0 aliphatic rings. The van der Waals surface area contributed by atoms with Crippen molar-refractivity contribution in [2.24, 2.45) is 0 Å². The third kappa shape index (κ3) is 3.16. The number of nitrogens with one attached hydrogen (secondary N) is 1. The number of rotatable bonds is 3. The van der Waals surface area contributed by atoms with Gasteiger partial charge in [0, 0.05) is 14.2 Å². The molecule has 0 radical (unpaired) electrons. The molecule has 0 fully saturated rings. The summed E-state index contributed by atoms with van der Waals surface area (Å²) in [7, 11) is 0. The number of carbonyl (C=O) groups is 1. The Balaban J connectivity index is 2.08. The molecule has 2 aromatic rings. The molecule has 1 N–H and O–H groups in total. The highest BCUT2D eigenvalue weighted by Gasteiger charge is 2.10. The van der Waals surface area contributed by atoms with Gasteiger partial charge in [0.15, 0.2) is 0 Å². The maximum Gasteiger partial charge on any atom is 0.252 e. The van der Waals surface area contributed by atoms with Gasteiger partial charge in [0.05, 0.1) is 12.1 Å². The van der Waals surface area contributed by atoms with Crippen LogP contribution in [0.2, 0.25) is 0 Å². The van der Waals surface area contributed by atoms with Crippen LogP contribution in [0.5, 0.6) is 0 Å². The van der Waals surface area contributed by atoms with Crippen molar-refractivity contribution in [1.29, 1.82) is 0 Å². The van der Waals surface area contributed by atoms with Gasteiger partial charge in [0.25, 0.3) is 5.91 Å². The Morgan fingerprint density at radius 2 is 2.22 bits per heavy atom. The highest BCUT2D eigenvalue weighted by molar-refractivity contribution is 9.10. The summed E-state index contributed by atoms with van der Waals surface area (Å²) in [6.07, 6.45) is 0. The summed E-state index contributed by atoms with van der Waals surface area (Å²) in [4.78, 5) is 14.0. The molecule has 0 aliphatic carbocycles. The van der Waals surface area contributed by atoms with E-state index in [1.54, 1.807) is 17.4 Å². The highest BCUT2D eigenvalue weighted by Crippen LogP contribution is 2.21. The number of aryl methyl sites for hydroxylation is 1. The zero-order valence-electron chi connectivity index (χ0n) is 9.74. The summed E-state index contributed by atoms with van der Waals surface area (Å²) in [5.41, 5.74) is 1.82. The number of benzene rings is 1. The van der Waals surface area contributed by atoms with E-state index in [2.05, 4.69) is 39.9 Å². The number of halogens is 1. The van der Waals surface area contributed by atoms with Crippen molar-refractivity contribution in [3.05, 3.63) is 50.1 Å². The van der Waals surface area contributed by atoms with Crippen LogP contribution in [0.25, 0.3) is 0 Å². The van der Waals surface area contributed by atoms with Crippen LogP contribution in [0.3, 0.4) is 0 Å². The largest absolute Gasteiger partial charge is 0.347 e. The maximum absolute atomic E-state index is 12.1. The molecule has 94 valence electrons. The molecule has 0 atom stereocenters. The van der Waals surface area contributed by atoms with Gasteiger partial charge in [-0.25, -0.2) is 0 Å². The zero-order chi connectivity index (χ0) is 13.1. The topological polar surface area (TPSA) is 29.1 Å². The first kappa shape index (κ1) is 13.6. The van der Waals surface area contributed by atoms with Gasteiger partial charge in [0.2, 0.25) is 0 Å². The van der Waals surface area contributed by atoms with E-state index in [4.69, 9.17) is 0 Å². The van der Waals surface area contributed by atoms with Crippen LogP contribution in [0.15, 0.2) is 39.0 Å². The number of thiophene rings is 1. The fourth-order valence-electron chi connectivity index (χ4n) is 1.53. The fourth-order valence-corrected chi connectivity index (χ4v) is 3.00. The van der Waals surface area contributed by atoms with E-state index in [1.165, 1.54) is 10.4 Å². The van der Waals surface area contributed by atoms with Gasteiger partial charge in [-0.05, 0) is 58.1 Å². The monoisotopic (exact) mass is 341 g/mol. The molecule has 1 aromatic carbocycles. The quantitative estimate of drug-likeness (QED) is 0.810. The molecule has 0 unspecified atom stereocenters. The molecule has 1 amide bonds. The predicted octanol–water partition coefficient (Wildman–Crippen LogP) is 4.04. The van der Waals surface area contributed by atoms with Gasteiger partial charge in [-0.15, -0.1) is 24.0 Å². The first-order chi connectivity index (χ1) is 8.58. The van der Waals surface area contributed by atoms with Crippen molar-refractivity contribution in [3.8, 4) is 0 Å². The van der Waals surface area contributed by atoms with Gasteiger partial charge in [-0.3, -0.25) is 4.79 Å². The number of hydrogen-bond donors (Lipinski definition) is 2. The lowest BCUT2D eigenvalue weighted by Gasteiger charge is -2.07. The van der Waals surface area contributed by atoms with Gasteiger partial charge >= 0.3 is 0 Å². The van der Waals surface area contributed by atoms with Crippen LogP contribution in [0, 0.1) is 6.92 Å². The minimum absolute atomic E-state index is 0.0921. The maximum atomic E-state index is 12.1. The second-order valence-corrected chi connectivity index (χ2v) is 6.25. The molecule has 1 aromatic heterocycles. The highest BCUT2D eigenvalue weighted by atomic mass is 79.9. The Labute approximate surface area is 124 Å². The molecule has 0 spiro atoms. The molecular formula is C13H12BrNOS2. The Bertz CT molecular complexity index is 580.